The van der Waals surface area contributed by atoms with Crippen LogP contribution in [-0.2, 0) is 9.47 Å². The fourth-order valence-electron chi connectivity index (χ4n) is 1.40. The molecule has 0 bridgehead atoms. The Bertz CT molecular complexity index is 387. The summed E-state index contributed by atoms with van der Waals surface area (Å²) in [5.74, 6) is -0.357. The zero-order valence-corrected chi connectivity index (χ0v) is 9.80. The first kappa shape index (κ1) is 11.2. The van der Waals surface area contributed by atoms with Gasteiger partial charge in [-0.1, -0.05) is 0 Å². The van der Waals surface area contributed by atoms with Crippen LogP contribution in [-0.4, -0.2) is 32.3 Å². The molecule has 1 saturated heterocycles. The molecule has 6 heteroatoms. The molecule has 16 heavy (non-hydrogen) atoms. The Morgan fingerprint density at radius 3 is 3.12 bits per heavy atom. The van der Waals surface area contributed by atoms with Crippen LogP contribution >= 0.6 is 11.3 Å². The second-order valence-electron chi connectivity index (χ2n) is 3.55. The Morgan fingerprint density at radius 1 is 1.81 bits per heavy atom. The smallest absolute Gasteiger partial charge is 0.348 e. The van der Waals surface area contributed by atoms with Crippen LogP contribution in [0, 0.1) is 0 Å². The lowest BCUT2D eigenvalue weighted by Gasteiger charge is -2.26. The van der Waals surface area contributed by atoms with Gasteiger partial charge >= 0.3 is 5.97 Å². The molecule has 0 saturated carbocycles. The molecule has 1 unspecified atom stereocenters. The van der Waals surface area contributed by atoms with Gasteiger partial charge in [0.1, 0.15) is 9.88 Å². The van der Waals surface area contributed by atoms with Gasteiger partial charge in [0.2, 0.25) is 0 Å². The second kappa shape index (κ2) is 4.71. The van der Waals surface area contributed by atoms with E-state index in [0.29, 0.717) is 10.6 Å². The number of nitrogens with two attached hydrogens (primary N) is 1. The molecular formula is C10H14N2O3S. The van der Waals surface area contributed by atoms with Crippen molar-refractivity contribution in [2.24, 2.45) is 0 Å². The quantitative estimate of drug-likeness (QED) is 0.779. The predicted octanol–water partition coefficient (Wildman–Crippen LogP) is 1.32. The molecule has 3 N–H and O–H groups in total. The molecule has 2 rings (SSSR count). The van der Waals surface area contributed by atoms with Crippen molar-refractivity contribution in [2.45, 2.75) is 12.5 Å². The molecule has 88 valence electrons. The molecule has 0 radical (unpaired) electrons. The Labute approximate surface area is 97.5 Å². The van der Waals surface area contributed by atoms with Crippen molar-refractivity contribution >= 4 is 28.0 Å². The molecular weight excluding hydrogens is 228 g/mol. The fraction of sp³-hybridized carbons (Fsp3) is 0.500. The van der Waals surface area contributed by atoms with Gasteiger partial charge in [-0.15, -0.1) is 11.3 Å². The molecule has 0 spiro atoms. The number of thiophene rings is 1. The topological polar surface area (TPSA) is 73.6 Å². The number of nitrogens with one attached hydrogen (secondary N) is 1. The van der Waals surface area contributed by atoms with Gasteiger partial charge < -0.3 is 20.5 Å². The SMILES string of the molecule is COC(=O)c1cc(N)c(NCC2CCO2)s1. The third-order valence-corrected chi connectivity index (χ3v) is 3.52. The van der Waals surface area contributed by atoms with Crippen LogP contribution in [0.3, 0.4) is 0 Å². The summed E-state index contributed by atoms with van der Waals surface area (Å²) in [6.45, 7) is 1.56. The van der Waals surface area contributed by atoms with Crippen LogP contribution in [0.4, 0.5) is 10.7 Å². The number of esters is 1. The highest BCUT2D eigenvalue weighted by atomic mass is 32.1. The minimum absolute atomic E-state index is 0.267. The molecule has 1 atom stereocenters. The molecule has 1 aliphatic heterocycles. The Morgan fingerprint density at radius 2 is 2.56 bits per heavy atom. The third kappa shape index (κ3) is 2.28. The number of rotatable bonds is 4. The third-order valence-electron chi connectivity index (χ3n) is 2.43. The molecule has 2 heterocycles. The zero-order chi connectivity index (χ0) is 11.5. The van der Waals surface area contributed by atoms with Gasteiger partial charge in [0, 0.05) is 13.2 Å². The Balaban J connectivity index is 1.97. The average Bonchev–Trinajstić information content (AvgIpc) is 2.57. The summed E-state index contributed by atoms with van der Waals surface area (Å²) in [5.41, 5.74) is 6.35. The molecule has 1 aromatic heterocycles. The van der Waals surface area contributed by atoms with Gasteiger partial charge in [0.05, 0.1) is 18.9 Å². The number of hydrogen-bond acceptors (Lipinski definition) is 6. The molecule has 0 aromatic carbocycles. The maximum absolute atomic E-state index is 11.3. The van der Waals surface area contributed by atoms with E-state index >= 15 is 0 Å². The van der Waals surface area contributed by atoms with Crippen molar-refractivity contribution in [3.05, 3.63) is 10.9 Å². The van der Waals surface area contributed by atoms with Crippen molar-refractivity contribution in [1.29, 1.82) is 0 Å². The standard InChI is InChI=1S/C10H14N2O3S/c1-14-10(13)8-4-7(11)9(16-8)12-5-6-2-3-15-6/h4,6,12H,2-3,5,11H2,1H3. The summed E-state index contributed by atoms with van der Waals surface area (Å²) in [4.78, 5) is 11.8. The number of carbonyl (C=O) groups is 1. The van der Waals surface area contributed by atoms with E-state index in [9.17, 15) is 4.79 Å². The molecule has 1 aliphatic rings. The Kier molecular flexibility index (Phi) is 3.31. The molecule has 1 aromatic rings. The van der Waals surface area contributed by atoms with Crippen LogP contribution in [0.1, 0.15) is 16.1 Å². The van der Waals surface area contributed by atoms with Crippen molar-refractivity contribution in [1.82, 2.24) is 0 Å². The van der Waals surface area contributed by atoms with Crippen molar-refractivity contribution in [3.63, 3.8) is 0 Å². The first-order valence-corrected chi connectivity index (χ1v) is 5.85. The summed E-state index contributed by atoms with van der Waals surface area (Å²) < 4.78 is 9.90. The minimum atomic E-state index is -0.357. The number of hydrogen-bond donors (Lipinski definition) is 2. The first-order chi connectivity index (χ1) is 7.70. The number of nitrogen functional groups attached to an aromatic ring is 1. The highest BCUT2D eigenvalue weighted by molar-refractivity contribution is 7.18. The van der Waals surface area contributed by atoms with Crippen LogP contribution in [0.15, 0.2) is 6.07 Å². The monoisotopic (exact) mass is 242 g/mol. The lowest BCUT2D eigenvalue weighted by Crippen LogP contribution is -2.33. The van der Waals surface area contributed by atoms with Crippen LogP contribution < -0.4 is 11.1 Å². The summed E-state index contributed by atoms with van der Waals surface area (Å²) in [5, 5.41) is 3.98. The minimum Gasteiger partial charge on any atom is -0.465 e. The van der Waals surface area contributed by atoms with E-state index in [-0.39, 0.29) is 12.1 Å². The fourth-order valence-corrected chi connectivity index (χ4v) is 2.30. The van der Waals surface area contributed by atoms with E-state index < -0.39 is 0 Å². The summed E-state index contributed by atoms with van der Waals surface area (Å²) in [6, 6.07) is 1.63. The van der Waals surface area contributed by atoms with Gasteiger partial charge in [-0.05, 0) is 12.5 Å². The predicted molar refractivity (Wildman–Crippen MR) is 62.9 cm³/mol. The summed E-state index contributed by atoms with van der Waals surface area (Å²) >= 11 is 1.30. The van der Waals surface area contributed by atoms with E-state index in [2.05, 4.69) is 10.1 Å². The van der Waals surface area contributed by atoms with Crippen molar-refractivity contribution in [2.75, 3.05) is 31.3 Å². The van der Waals surface area contributed by atoms with Gasteiger partial charge in [-0.3, -0.25) is 0 Å². The number of ether oxygens (including phenoxy) is 2. The van der Waals surface area contributed by atoms with E-state index in [1.807, 2.05) is 0 Å². The lowest BCUT2D eigenvalue weighted by atomic mass is 10.2. The van der Waals surface area contributed by atoms with Crippen molar-refractivity contribution < 1.29 is 14.3 Å². The van der Waals surface area contributed by atoms with Gasteiger partial charge in [-0.25, -0.2) is 4.79 Å². The summed E-state index contributed by atoms with van der Waals surface area (Å²) in [7, 11) is 1.35. The number of methoxy groups -OCH3 is 1. The average molecular weight is 242 g/mol. The van der Waals surface area contributed by atoms with Crippen LogP contribution in [0.25, 0.3) is 0 Å². The number of anilines is 2. The van der Waals surface area contributed by atoms with Crippen molar-refractivity contribution in [3.8, 4) is 0 Å². The normalized spacial score (nSPS) is 18.9. The Hall–Kier alpha value is -1.27. The maximum atomic E-state index is 11.3. The largest absolute Gasteiger partial charge is 0.465 e. The molecule has 1 fully saturated rings. The molecule has 5 nitrogen and oxygen atoms in total. The van der Waals surface area contributed by atoms with Gasteiger partial charge in [-0.2, -0.15) is 0 Å². The van der Waals surface area contributed by atoms with Gasteiger partial charge in [0.25, 0.3) is 0 Å². The molecule has 0 amide bonds. The lowest BCUT2D eigenvalue weighted by molar-refractivity contribution is -0.0410. The van der Waals surface area contributed by atoms with Crippen LogP contribution in [0.5, 0.6) is 0 Å². The maximum Gasteiger partial charge on any atom is 0.348 e. The first-order valence-electron chi connectivity index (χ1n) is 5.04. The van der Waals surface area contributed by atoms with E-state index in [1.54, 1.807) is 6.07 Å². The van der Waals surface area contributed by atoms with E-state index in [4.69, 9.17) is 10.5 Å². The highest BCUT2D eigenvalue weighted by Crippen LogP contribution is 2.31. The van der Waals surface area contributed by atoms with E-state index in [1.165, 1.54) is 18.4 Å². The number of carbonyl (C=O) groups excluding carboxylic acids is 1. The van der Waals surface area contributed by atoms with Gasteiger partial charge in [0.15, 0.2) is 0 Å². The second-order valence-corrected chi connectivity index (χ2v) is 4.60. The zero-order valence-electron chi connectivity index (χ0n) is 8.99. The molecule has 0 aliphatic carbocycles. The van der Waals surface area contributed by atoms with E-state index in [0.717, 1.165) is 24.6 Å². The summed E-state index contributed by atoms with van der Waals surface area (Å²) in [6.07, 6.45) is 1.34. The highest BCUT2D eigenvalue weighted by Gasteiger charge is 2.19. The van der Waals surface area contributed by atoms with Crippen LogP contribution in [0.2, 0.25) is 0 Å².